The number of likely N-dealkylation sites (N-methyl/N-ethyl adjacent to an activating group) is 1. The molecule has 0 spiro atoms. The summed E-state index contributed by atoms with van der Waals surface area (Å²) in [6.45, 7) is 5.19. The molecule has 1 aromatic heterocycles. The van der Waals surface area contributed by atoms with Crippen molar-refractivity contribution < 1.29 is 9.15 Å². The third kappa shape index (κ3) is 3.34. The number of nitrogens with two attached hydrogens (primary N) is 1. The molecular formula is C14H24N2O2. The Balaban J connectivity index is 1.93. The van der Waals surface area contributed by atoms with Gasteiger partial charge in [-0.25, -0.2) is 0 Å². The van der Waals surface area contributed by atoms with Crippen molar-refractivity contribution in [1.29, 1.82) is 0 Å². The zero-order chi connectivity index (χ0) is 13.0. The molecule has 1 aromatic rings. The van der Waals surface area contributed by atoms with Gasteiger partial charge >= 0.3 is 0 Å². The largest absolute Gasteiger partial charge is 0.465 e. The summed E-state index contributed by atoms with van der Waals surface area (Å²) in [4.78, 5) is 2.29. The standard InChI is InChI=1S/C14H24N2O2/c1-11-5-6-13(18-11)9-16(2)14(8-15)12-4-3-7-17-10-12/h5-6,12,14H,3-4,7-10,15H2,1-2H3. The van der Waals surface area contributed by atoms with Gasteiger partial charge in [-0.1, -0.05) is 0 Å². The van der Waals surface area contributed by atoms with Crippen LogP contribution >= 0.6 is 0 Å². The van der Waals surface area contributed by atoms with Crippen LogP contribution in [0.25, 0.3) is 0 Å². The average Bonchev–Trinajstić information content (AvgIpc) is 2.77. The molecule has 18 heavy (non-hydrogen) atoms. The Morgan fingerprint density at radius 2 is 2.33 bits per heavy atom. The van der Waals surface area contributed by atoms with Crippen LogP contribution in [0.2, 0.25) is 0 Å². The Hall–Kier alpha value is -0.840. The molecule has 0 bridgehead atoms. The van der Waals surface area contributed by atoms with Crippen LogP contribution in [-0.2, 0) is 11.3 Å². The van der Waals surface area contributed by atoms with Gasteiger partial charge < -0.3 is 14.9 Å². The number of ether oxygens (including phenoxy) is 1. The zero-order valence-corrected chi connectivity index (χ0v) is 11.4. The second-order valence-corrected chi connectivity index (χ2v) is 5.21. The van der Waals surface area contributed by atoms with Gasteiger partial charge in [-0.2, -0.15) is 0 Å². The van der Waals surface area contributed by atoms with Gasteiger partial charge in [0.2, 0.25) is 0 Å². The SMILES string of the molecule is Cc1ccc(CN(C)C(CN)C2CCCOC2)o1. The molecule has 4 heteroatoms. The van der Waals surface area contributed by atoms with E-state index in [0.29, 0.717) is 18.5 Å². The molecule has 4 nitrogen and oxygen atoms in total. The van der Waals surface area contributed by atoms with Crippen molar-refractivity contribution in [2.75, 3.05) is 26.8 Å². The number of furan rings is 1. The van der Waals surface area contributed by atoms with Crippen LogP contribution in [0.1, 0.15) is 24.4 Å². The van der Waals surface area contributed by atoms with E-state index in [1.165, 1.54) is 6.42 Å². The van der Waals surface area contributed by atoms with E-state index in [0.717, 1.165) is 37.7 Å². The molecule has 2 unspecified atom stereocenters. The van der Waals surface area contributed by atoms with Gasteiger partial charge in [-0.3, -0.25) is 4.90 Å². The molecule has 1 fully saturated rings. The van der Waals surface area contributed by atoms with Gasteiger partial charge in [-0.05, 0) is 44.9 Å². The lowest BCUT2D eigenvalue weighted by atomic mass is 9.92. The number of nitrogens with zero attached hydrogens (tertiary/aromatic N) is 1. The summed E-state index contributed by atoms with van der Waals surface area (Å²) in [5.41, 5.74) is 5.94. The monoisotopic (exact) mass is 252 g/mol. The summed E-state index contributed by atoms with van der Waals surface area (Å²) >= 11 is 0. The number of aryl methyl sites for hydroxylation is 1. The number of rotatable bonds is 5. The van der Waals surface area contributed by atoms with E-state index in [1.807, 2.05) is 19.1 Å². The summed E-state index contributed by atoms with van der Waals surface area (Å²) in [5, 5.41) is 0. The lowest BCUT2D eigenvalue weighted by Gasteiger charge is -2.35. The molecule has 0 amide bonds. The van der Waals surface area contributed by atoms with Crippen LogP contribution < -0.4 is 5.73 Å². The fourth-order valence-electron chi connectivity index (χ4n) is 2.73. The summed E-state index contributed by atoms with van der Waals surface area (Å²) in [6.07, 6.45) is 2.36. The molecule has 1 aliphatic heterocycles. The van der Waals surface area contributed by atoms with Gasteiger partial charge in [0.25, 0.3) is 0 Å². The minimum atomic E-state index is 0.371. The summed E-state index contributed by atoms with van der Waals surface area (Å²) in [5.74, 6) is 2.51. The van der Waals surface area contributed by atoms with Crippen molar-refractivity contribution in [3.8, 4) is 0 Å². The van der Waals surface area contributed by atoms with Crippen molar-refractivity contribution in [2.24, 2.45) is 11.7 Å². The van der Waals surface area contributed by atoms with E-state index in [1.54, 1.807) is 0 Å². The fraction of sp³-hybridized carbons (Fsp3) is 0.714. The van der Waals surface area contributed by atoms with E-state index in [9.17, 15) is 0 Å². The summed E-state index contributed by atoms with van der Waals surface area (Å²) in [6, 6.07) is 4.41. The van der Waals surface area contributed by atoms with E-state index >= 15 is 0 Å². The molecule has 2 atom stereocenters. The molecule has 102 valence electrons. The van der Waals surface area contributed by atoms with Crippen molar-refractivity contribution >= 4 is 0 Å². The quantitative estimate of drug-likeness (QED) is 0.868. The molecule has 0 aromatic carbocycles. The summed E-state index contributed by atoms with van der Waals surface area (Å²) < 4.78 is 11.2. The van der Waals surface area contributed by atoms with Crippen molar-refractivity contribution in [2.45, 2.75) is 32.4 Å². The Bertz CT molecular complexity index is 358. The van der Waals surface area contributed by atoms with Crippen LogP contribution in [0, 0.1) is 12.8 Å². The highest BCUT2D eigenvalue weighted by Gasteiger charge is 2.26. The highest BCUT2D eigenvalue weighted by molar-refractivity contribution is 5.05. The van der Waals surface area contributed by atoms with Gasteiger partial charge in [-0.15, -0.1) is 0 Å². The highest BCUT2D eigenvalue weighted by Crippen LogP contribution is 2.22. The van der Waals surface area contributed by atoms with E-state index < -0.39 is 0 Å². The fourth-order valence-corrected chi connectivity index (χ4v) is 2.73. The van der Waals surface area contributed by atoms with Crippen LogP contribution in [0.5, 0.6) is 0 Å². The highest BCUT2D eigenvalue weighted by atomic mass is 16.5. The minimum absolute atomic E-state index is 0.371. The molecule has 0 saturated carbocycles. The van der Waals surface area contributed by atoms with Crippen molar-refractivity contribution in [3.63, 3.8) is 0 Å². The molecule has 1 aliphatic rings. The lowest BCUT2D eigenvalue weighted by molar-refractivity contribution is 0.0143. The molecule has 2 N–H and O–H groups in total. The predicted molar refractivity (Wildman–Crippen MR) is 71.3 cm³/mol. The maximum atomic E-state index is 5.94. The Morgan fingerprint density at radius 3 is 2.89 bits per heavy atom. The Labute approximate surface area is 109 Å². The normalized spacial score (nSPS) is 22.3. The second kappa shape index (κ2) is 6.36. The molecule has 0 radical (unpaired) electrons. The Kier molecular flexibility index (Phi) is 4.80. The van der Waals surface area contributed by atoms with Gasteiger partial charge in [0.05, 0.1) is 13.2 Å². The van der Waals surface area contributed by atoms with Crippen LogP contribution in [0.15, 0.2) is 16.5 Å². The lowest BCUT2D eigenvalue weighted by Crippen LogP contribution is -2.45. The molecule has 1 saturated heterocycles. The first-order valence-electron chi connectivity index (χ1n) is 6.74. The van der Waals surface area contributed by atoms with Gasteiger partial charge in [0, 0.05) is 19.2 Å². The smallest absolute Gasteiger partial charge is 0.118 e. The van der Waals surface area contributed by atoms with Gasteiger partial charge in [0.1, 0.15) is 11.5 Å². The first kappa shape index (κ1) is 13.6. The summed E-state index contributed by atoms with van der Waals surface area (Å²) in [7, 11) is 2.12. The first-order chi connectivity index (χ1) is 8.70. The minimum Gasteiger partial charge on any atom is -0.465 e. The third-order valence-corrected chi connectivity index (χ3v) is 3.75. The van der Waals surface area contributed by atoms with Crippen LogP contribution in [-0.4, -0.2) is 37.7 Å². The average molecular weight is 252 g/mol. The van der Waals surface area contributed by atoms with Gasteiger partial charge in [0.15, 0.2) is 0 Å². The first-order valence-corrected chi connectivity index (χ1v) is 6.74. The Morgan fingerprint density at radius 1 is 1.50 bits per heavy atom. The van der Waals surface area contributed by atoms with E-state index in [2.05, 4.69) is 11.9 Å². The zero-order valence-electron chi connectivity index (χ0n) is 11.4. The topological polar surface area (TPSA) is 51.6 Å². The molecule has 0 aliphatic carbocycles. The van der Waals surface area contributed by atoms with Crippen molar-refractivity contribution in [1.82, 2.24) is 4.90 Å². The maximum Gasteiger partial charge on any atom is 0.118 e. The van der Waals surface area contributed by atoms with E-state index in [4.69, 9.17) is 14.9 Å². The maximum absolute atomic E-state index is 5.94. The number of hydrogen-bond donors (Lipinski definition) is 1. The van der Waals surface area contributed by atoms with E-state index in [-0.39, 0.29) is 0 Å². The number of hydrogen-bond acceptors (Lipinski definition) is 4. The predicted octanol–water partition coefficient (Wildman–Crippen LogP) is 1.77. The molecule has 2 heterocycles. The third-order valence-electron chi connectivity index (χ3n) is 3.75. The van der Waals surface area contributed by atoms with Crippen LogP contribution in [0.4, 0.5) is 0 Å². The second-order valence-electron chi connectivity index (χ2n) is 5.21. The molecular weight excluding hydrogens is 228 g/mol. The van der Waals surface area contributed by atoms with Crippen LogP contribution in [0.3, 0.4) is 0 Å². The van der Waals surface area contributed by atoms with Crippen molar-refractivity contribution in [3.05, 3.63) is 23.7 Å². The molecule has 2 rings (SSSR count).